The third-order valence-electron chi connectivity index (χ3n) is 3.19. The molecule has 102 valence electrons. The van der Waals surface area contributed by atoms with E-state index >= 15 is 0 Å². The smallest absolute Gasteiger partial charge is 0.123 e. The molecular weight excluding hydrogens is 265 g/mol. The molecule has 0 aliphatic rings. The predicted octanol–water partition coefficient (Wildman–Crippen LogP) is 3.37. The van der Waals surface area contributed by atoms with Gasteiger partial charge in [0.1, 0.15) is 5.82 Å². The summed E-state index contributed by atoms with van der Waals surface area (Å²) < 4.78 is 14.9. The number of aryl methyl sites for hydroxylation is 2. The lowest BCUT2D eigenvalue weighted by molar-refractivity contribution is 0.542. The zero-order valence-electron chi connectivity index (χ0n) is 11.2. The quantitative estimate of drug-likeness (QED) is 0.931. The van der Waals surface area contributed by atoms with E-state index in [4.69, 9.17) is 11.6 Å². The second kappa shape index (κ2) is 5.72. The van der Waals surface area contributed by atoms with Gasteiger partial charge in [0, 0.05) is 19.6 Å². The molecule has 0 saturated heterocycles. The molecule has 3 nitrogen and oxygen atoms in total. The van der Waals surface area contributed by atoms with Crippen molar-refractivity contribution in [3.8, 4) is 0 Å². The van der Waals surface area contributed by atoms with Gasteiger partial charge in [0.15, 0.2) is 0 Å². The Bertz CT molecular complexity index is 580. The van der Waals surface area contributed by atoms with E-state index in [1.54, 1.807) is 10.7 Å². The van der Waals surface area contributed by atoms with Crippen LogP contribution < -0.4 is 5.32 Å². The van der Waals surface area contributed by atoms with E-state index in [9.17, 15) is 4.39 Å². The largest absolute Gasteiger partial charge is 0.305 e. The van der Waals surface area contributed by atoms with Crippen molar-refractivity contribution < 1.29 is 4.39 Å². The molecule has 0 spiro atoms. The maximum absolute atomic E-state index is 13.2. The number of rotatable bonds is 4. The molecule has 0 aliphatic heterocycles. The minimum absolute atomic E-state index is 0.0435. The maximum Gasteiger partial charge on any atom is 0.123 e. The van der Waals surface area contributed by atoms with Gasteiger partial charge in [0.05, 0.1) is 16.4 Å². The zero-order valence-corrected chi connectivity index (χ0v) is 12.0. The van der Waals surface area contributed by atoms with Gasteiger partial charge >= 0.3 is 0 Å². The summed E-state index contributed by atoms with van der Waals surface area (Å²) in [5, 5.41) is 8.27. The molecule has 0 unspecified atom stereocenters. The first-order valence-electron chi connectivity index (χ1n) is 6.16. The van der Waals surface area contributed by atoms with Crippen LogP contribution in [0.15, 0.2) is 24.3 Å². The van der Waals surface area contributed by atoms with Crippen molar-refractivity contribution in [2.24, 2.45) is 7.05 Å². The highest BCUT2D eigenvalue weighted by Gasteiger charge is 2.12. The maximum atomic E-state index is 13.2. The fourth-order valence-corrected chi connectivity index (χ4v) is 2.24. The summed E-state index contributed by atoms with van der Waals surface area (Å²) in [5.74, 6) is -0.222. The van der Waals surface area contributed by atoms with E-state index in [0.29, 0.717) is 11.6 Å². The van der Waals surface area contributed by atoms with Crippen LogP contribution in [0.4, 0.5) is 4.39 Å². The van der Waals surface area contributed by atoms with Crippen molar-refractivity contribution in [3.63, 3.8) is 0 Å². The molecule has 0 radical (unpaired) electrons. The average molecular weight is 282 g/mol. The van der Waals surface area contributed by atoms with Gasteiger partial charge in [-0.15, -0.1) is 0 Å². The highest BCUT2D eigenvalue weighted by molar-refractivity contribution is 6.31. The lowest BCUT2D eigenvalue weighted by Gasteiger charge is -2.14. The number of nitrogens with zero attached hydrogens (tertiary/aromatic N) is 2. The van der Waals surface area contributed by atoms with Gasteiger partial charge in [-0.2, -0.15) is 5.10 Å². The summed E-state index contributed by atoms with van der Waals surface area (Å²) in [6, 6.07) is 6.63. The van der Waals surface area contributed by atoms with Gasteiger partial charge < -0.3 is 5.32 Å². The molecule has 2 rings (SSSR count). The van der Waals surface area contributed by atoms with Crippen LogP contribution in [0.25, 0.3) is 0 Å². The Hall–Kier alpha value is -1.39. The third kappa shape index (κ3) is 3.14. The topological polar surface area (TPSA) is 29.9 Å². The summed E-state index contributed by atoms with van der Waals surface area (Å²) in [7, 11) is 1.86. The molecule has 0 fully saturated rings. The summed E-state index contributed by atoms with van der Waals surface area (Å²) in [4.78, 5) is 0. The molecule has 0 aliphatic carbocycles. The molecule has 1 N–H and O–H groups in total. The molecule has 1 atom stereocenters. The molecule has 0 saturated carbocycles. The van der Waals surface area contributed by atoms with E-state index in [0.717, 1.165) is 17.0 Å². The Labute approximate surface area is 117 Å². The zero-order chi connectivity index (χ0) is 14.0. The highest BCUT2D eigenvalue weighted by atomic mass is 35.5. The lowest BCUT2D eigenvalue weighted by atomic mass is 10.1. The number of halogens is 2. The van der Waals surface area contributed by atoms with Crippen molar-refractivity contribution in [2.75, 3.05) is 0 Å². The fourth-order valence-electron chi connectivity index (χ4n) is 2.02. The Kier molecular flexibility index (Phi) is 4.22. The Morgan fingerprint density at radius 3 is 2.79 bits per heavy atom. The summed E-state index contributed by atoms with van der Waals surface area (Å²) in [5.41, 5.74) is 2.66. The van der Waals surface area contributed by atoms with Crippen LogP contribution in [0.5, 0.6) is 0 Å². The lowest BCUT2D eigenvalue weighted by Crippen LogP contribution is -2.20. The van der Waals surface area contributed by atoms with E-state index in [2.05, 4.69) is 10.4 Å². The predicted molar refractivity (Wildman–Crippen MR) is 74.6 cm³/mol. The van der Waals surface area contributed by atoms with Crippen LogP contribution >= 0.6 is 11.6 Å². The second-order valence-corrected chi connectivity index (χ2v) is 5.01. The first-order chi connectivity index (χ1) is 8.99. The normalized spacial score (nSPS) is 12.7. The van der Waals surface area contributed by atoms with Crippen LogP contribution in [0.2, 0.25) is 5.02 Å². The van der Waals surface area contributed by atoms with Gasteiger partial charge in [-0.05, 0) is 31.5 Å². The van der Waals surface area contributed by atoms with Crippen molar-refractivity contribution in [1.29, 1.82) is 0 Å². The molecule has 19 heavy (non-hydrogen) atoms. The van der Waals surface area contributed by atoms with Gasteiger partial charge in [0.25, 0.3) is 0 Å². The van der Waals surface area contributed by atoms with Gasteiger partial charge in [-0.3, -0.25) is 4.68 Å². The highest BCUT2D eigenvalue weighted by Crippen LogP contribution is 2.20. The molecule has 1 heterocycles. The van der Waals surface area contributed by atoms with Gasteiger partial charge in [0.2, 0.25) is 0 Å². The van der Waals surface area contributed by atoms with Crippen LogP contribution in [-0.4, -0.2) is 9.78 Å². The van der Waals surface area contributed by atoms with E-state index in [1.165, 1.54) is 12.1 Å². The second-order valence-electron chi connectivity index (χ2n) is 4.63. The number of hydrogen-bond acceptors (Lipinski definition) is 2. The number of nitrogens with one attached hydrogen (secondary N) is 1. The van der Waals surface area contributed by atoms with E-state index in [-0.39, 0.29) is 11.9 Å². The molecule has 0 bridgehead atoms. The standard InChI is InChI=1S/C14H17ClFN3/c1-9(11-5-4-6-12(16)7-11)17-8-13-14(15)10(2)18-19(13)3/h4-7,9,17H,8H2,1-3H3/t9-/m0/s1. The minimum Gasteiger partial charge on any atom is -0.305 e. The van der Waals surface area contributed by atoms with E-state index < -0.39 is 0 Å². The van der Waals surface area contributed by atoms with Crippen molar-refractivity contribution in [1.82, 2.24) is 15.1 Å². The first-order valence-corrected chi connectivity index (χ1v) is 6.53. The van der Waals surface area contributed by atoms with Gasteiger partial charge in [-0.1, -0.05) is 23.7 Å². The van der Waals surface area contributed by atoms with Crippen molar-refractivity contribution >= 4 is 11.6 Å². The molecule has 0 amide bonds. The molecule has 2 aromatic rings. The molecule has 1 aromatic heterocycles. The summed E-state index contributed by atoms with van der Waals surface area (Å²) in [6.07, 6.45) is 0. The Morgan fingerprint density at radius 1 is 1.47 bits per heavy atom. The van der Waals surface area contributed by atoms with Crippen molar-refractivity contribution in [2.45, 2.75) is 26.4 Å². The number of aromatic nitrogens is 2. The molecular formula is C14H17ClFN3. The van der Waals surface area contributed by atoms with E-state index in [1.807, 2.05) is 27.0 Å². The Balaban J connectivity index is 2.06. The van der Waals surface area contributed by atoms with Crippen molar-refractivity contribution in [3.05, 3.63) is 52.1 Å². The number of hydrogen-bond donors (Lipinski definition) is 1. The summed E-state index contributed by atoms with van der Waals surface area (Å²) in [6.45, 7) is 4.46. The van der Waals surface area contributed by atoms with Crippen LogP contribution in [0.3, 0.4) is 0 Å². The molecule has 5 heteroatoms. The van der Waals surface area contributed by atoms with Gasteiger partial charge in [-0.25, -0.2) is 4.39 Å². The number of benzene rings is 1. The third-order valence-corrected chi connectivity index (χ3v) is 3.68. The molecule has 1 aromatic carbocycles. The monoisotopic (exact) mass is 281 g/mol. The average Bonchev–Trinajstić information content (AvgIpc) is 2.61. The minimum atomic E-state index is -0.222. The van der Waals surface area contributed by atoms with Crippen LogP contribution in [0.1, 0.15) is 29.9 Å². The SMILES string of the molecule is Cc1nn(C)c(CN[C@@H](C)c2cccc(F)c2)c1Cl. The summed E-state index contributed by atoms with van der Waals surface area (Å²) >= 11 is 6.19. The fraction of sp³-hybridized carbons (Fsp3) is 0.357. The van der Waals surface area contributed by atoms with Crippen LogP contribution in [0, 0.1) is 12.7 Å². The Morgan fingerprint density at radius 2 is 2.21 bits per heavy atom. The first kappa shape index (κ1) is 14.0. The van der Waals surface area contributed by atoms with Crippen LogP contribution in [-0.2, 0) is 13.6 Å².